The molecule has 4 nitrogen and oxygen atoms in total. The molecule has 0 spiro atoms. The number of anilines is 1. The van der Waals surface area contributed by atoms with Crippen LogP contribution in [0.1, 0.15) is 27.5 Å². The molecule has 0 atom stereocenters. The standard InChI is InChI=1S/C25H20N2O2S/c1-29-22-13-7-2-8-16(22)14-17-15-26-25(30-17)27-24(28)23-20-11-5-3-9-18(20)19-10-4-6-12-21(19)23/h2-13,15,23H,14H2,1H3,(H,26,27,28). The summed E-state index contributed by atoms with van der Waals surface area (Å²) in [6.45, 7) is 0. The molecule has 1 aromatic heterocycles. The number of amides is 1. The van der Waals surface area contributed by atoms with Crippen LogP contribution in [0, 0.1) is 0 Å². The van der Waals surface area contributed by atoms with E-state index in [-0.39, 0.29) is 11.8 Å². The number of carbonyl (C=O) groups excluding carboxylic acids is 1. The Morgan fingerprint density at radius 3 is 2.30 bits per heavy atom. The molecule has 0 radical (unpaired) electrons. The molecule has 5 heteroatoms. The lowest BCUT2D eigenvalue weighted by atomic mass is 9.96. The van der Waals surface area contributed by atoms with Crippen molar-refractivity contribution in [2.24, 2.45) is 0 Å². The van der Waals surface area contributed by atoms with Crippen molar-refractivity contribution in [3.05, 3.63) is 101 Å². The first-order valence-electron chi connectivity index (χ1n) is 9.80. The van der Waals surface area contributed by atoms with Crippen molar-refractivity contribution in [2.45, 2.75) is 12.3 Å². The Hall–Kier alpha value is -3.44. The summed E-state index contributed by atoms with van der Waals surface area (Å²) < 4.78 is 5.44. The van der Waals surface area contributed by atoms with Crippen LogP contribution in [0.4, 0.5) is 5.13 Å². The fourth-order valence-electron chi connectivity index (χ4n) is 4.10. The molecule has 0 saturated heterocycles. The monoisotopic (exact) mass is 412 g/mol. The third-order valence-corrected chi connectivity index (χ3v) is 6.35. The number of nitrogens with one attached hydrogen (secondary N) is 1. The van der Waals surface area contributed by atoms with Crippen molar-refractivity contribution < 1.29 is 9.53 Å². The number of hydrogen-bond donors (Lipinski definition) is 1. The number of fused-ring (bicyclic) bond motifs is 3. The lowest BCUT2D eigenvalue weighted by Gasteiger charge is -2.12. The fourth-order valence-corrected chi connectivity index (χ4v) is 4.94. The van der Waals surface area contributed by atoms with Gasteiger partial charge in [-0.2, -0.15) is 0 Å². The molecule has 4 aromatic rings. The minimum atomic E-state index is -0.320. The van der Waals surface area contributed by atoms with Crippen LogP contribution in [0.3, 0.4) is 0 Å². The molecular weight excluding hydrogens is 392 g/mol. The van der Waals surface area contributed by atoms with E-state index in [9.17, 15) is 4.79 Å². The number of hydrogen-bond acceptors (Lipinski definition) is 4. The summed E-state index contributed by atoms with van der Waals surface area (Å²) in [6.07, 6.45) is 2.54. The Morgan fingerprint density at radius 2 is 1.60 bits per heavy atom. The predicted molar refractivity (Wildman–Crippen MR) is 120 cm³/mol. The normalized spacial score (nSPS) is 12.3. The maximum absolute atomic E-state index is 13.2. The quantitative estimate of drug-likeness (QED) is 0.471. The topological polar surface area (TPSA) is 51.2 Å². The zero-order chi connectivity index (χ0) is 20.5. The maximum atomic E-state index is 13.2. The van der Waals surface area contributed by atoms with Crippen molar-refractivity contribution in [1.82, 2.24) is 4.98 Å². The summed E-state index contributed by atoms with van der Waals surface area (Å²) in [6, 6.07) is 24.2. The van der Waals surface area contributed by atoms with Crippen molar-refractivity contribution in [1.29, 1.82) is 0 Å². The van der Waals surface area contributed by atoms with Crippen LogP contribution in [0.15, 0.2) is 79.0 Å². The highest BCUT2D eigenvalue weighted by Gasteiger charge is 2.33. The molecule has 30 heavy (non-hydrogen) atoms. The number of nitrogens with zero attached hydrogens (tertiary/aromatic N) is 1. The number of aromatic nitrogens is 1. The van der Waals surface area contributed by atoms with Crippen LogP contribution in [-0.4, -0.2) is 18.0 Å². The minimum Gasteiger partial charge on any atom is -0.496 e. The molecule has 1 aliphatic carbocycles. The Kier molecular flexibility index (Phi) is 4.81. The van der Waals surface area contributed by atoms with Gasteiger partial charge in [0.25, 0.3) is 0 Å². The van der Waals surface area contributed by atoms with Gasteiger partial charge in [-0.1, -0.05) is 66.7 Å². The first kappa shape index (κ1) is 18.6. The molecule has 0 bridgehead atoms. The largest absolute Gasteiger partial charge is 0.496 e. The third kappa shape index (κ3) is 3.27. The molecule has 1 amide bonds. The van der Waals surface area contributed by atoms with Gasteiger partial charge < -0.3 is 10.1 Å². The number of carbonyl (C=O) groups is 1. The third-order valence-electron chi connectivity index (χ3n) is 5.44. The van der Waals surface area contributed by atoms with Crippen LogP contribution in [0.25, 0.3) is 11.1 Å². The summed E-state index contributed by atoms with van der Waals surface area (Å²) in [5.74, 6) is 0.486. The Morgan fingerprint density at radius 1 is 0.967 bits per heavy atom. The van der Waals surface area contributed by atoms with Gasteiger partial charge in [0.05, 0.1) is 13.0 Å². The maximum Gasteiger partial charge on any atom is 0.238 e. The van der Waals surface area contributed by atoms with E-state index < -0.39 is 0 Å². The Balaban J connectivity index is 1.38. The molecule has 1 N–H and O–H groups in total. The van der Waals surface area contributed by atoms with Crippen LogP contribution < -0.4 is 10.1 Å². The Labute approximate surface area is 179 Å². The number of rotatable bonds is 5. The number of para-hydroxylation sites is 1. The molecule has 0 aliphatic heterocycles. The summed E-state index contributed by atoms with van der Waals surface area (Å²) >= 11 is 1.50. The summed E-state index contributed by atoms with van der Waals surface area (Å²) in [4.78, 5) is 18.8. The van der Waals surface area contributed by atoms with Crippen molar-refractivity contribution in [3.8, 4) is 16.9 Å². The first-order chi connectivity index (χ1) is 14.7. The molecule has 1 heterocycles. The van der Waals surface area contributed by atoms with Crippen LogP contribution in [0.2, 0.25) is 0 Å². The highest BCUT2D eigenvalue weighted by molar-refractivity contribution is 7.15. The van der Waals surface area contributed by atoms with E-state index in [2.05, 4.69) is 22.4 Å². The van der Waals surface area contributed by atoms with E-state index >= 15 is 0 Å². The molecule has 1 aliphatic rings. The van der Waals surface area contributed by atoms with Gasteiger partial charge in [-0.05, 0) is 33.9 Å². The van der Waals surface area contributed by atoms with Crippen LogP contribution in [-0.2, 0) is 11.2 Å². The summed E-state index contributed by atoms with van der Waals surface area (Å²) in [5.41, 5.74) is 5.44. The molecule has 0 fully saturated rings. The van der Waals surface area contributed by atoms with E-state index in [1.165, 1.54) is 11.3 Å². The highest BCUT2D eigenvalue weighted by Crippen LogP contribution is 2.45. The second-order valence-corrected chi connectivity index (χ2v) is 8.33. The SMILES string of the molecule is COc1ccccc1Cc1cnc(NC(=O)C2c3ccccc3-c3ccccc32)s1. The lowest BCUT2D eigenvalue weighted by Crippen LogP contribution is -2.20. The van der Waals surface area contributed by atoms with E-state index in [1.54, 1.807) is 7.11 Å². The zero-order valence-electron chi connectivity index (χ0n) is 16.5. The van der Waals surface area contributed by atoms with Gasteiger partial charge in [0.2, 0.25) is 5.91 Å². The van der Waals surface area contributed by atoms with Crippen molar-refractivity contribution in [3.63, 3.8) is 0 Å². The first-order valence-corrected chi connectivity index (χ1v) is 10.6. The van der Waals surface area contributed by atoms with E-state index in [0.29, 0.717) is 11.6 Å². The van der Waals surface area contributed by atoms with Gasteiger partial charge in [0.15, 0.2) is 5.13 Å². The highest BCUT2D eigenvalue weighted by atomic mass is 32.1. The van der Waals surface area contributed by atoms with Gasteiger partial charge in [-0.25, -0.2) is 4.98 Å². The minimum absolute atomic E-state index is 0.0504. The molecule has 0 unspecified atom stereocenters. The average molecular weight is 413 g/mol. The van der Waals surface area contributed by atoms with Gasteiger partial charge in [0.1, 0.15) is 5.75 Å². The zero-order valence-corrected chi connectivity index (χ0v) is 17.3. The van der Waals surface area contributed by atoms with E-state index in [1.807, 2.05) is 66.9 Å². The Bertz CT molecular complexity index is 1190. The molecule has 3 aromatic carbocycles. The molecule has 5 rings (SSSR count). The van der Waals surface area contributed by atoms with Gasteiger partial charge >= 0.3 is 0 Å². The summed E-state index contributed by atoms with van der Waals surface area (Å²) in [7, 11) is 1.68. The lowest BCUT2D eigenvalue weighted by molar-refractivity contribution is -0.116. The van der Waals surface area contributed by atoms with Gasteiger partial charge in [-0.3, -0.25) is 4.79 Å². The number of benzene rings is 3. The number of methoxy groups -OCH3 is 1. The number of thiazole rings is 1. The van der Waals surface area contributed by atoms with Gasteiger partial charge in [0, 0.05) is 17.5 Å². The second kappa shape index (κ2) is 7.76. The van der Waals surface area contributed by atoms with Crippen molar-refractivity contribution >= 4 is 22.4 Å². The summed E-state index contributed by atoms with van der Waals surface area (Å²) in [5, 5.41) is 3.66. The molecule has 148 valence electrons. The average Bonchev–Trinajstić information content (AvgIpc) is 3.36. The fraction of sp³-hybridized carbons (Fsp3) is 0.120. The molecular formula is C25H20N2O2S. The van der Waals surface area contributed by atoms with E-state index in [4.69, 9.17) is 4.74 Å². The van der Waals surface area contributed by atoms with Crippen LogP contribution in [0.5, 0.6) is 5.75 Å². The second-order valence-electron chi connectivity index (χ2n) is 7.22. The van der Waals surface area contributed by atoms with Crippen LogP contribution >= 0.6 is 11.3 Å². The molecule has 0 saturated carbocycles. The predicted octanol–water partition coefficient (Wildman–Crippen LogP) is 5.49. The van der Waals surface area contributed by atoms with Crippen molar-refractivity contribution in [2.75, 3.05) is 12.4 Å². The number of ether oxygens (including phenoxy) is 1. The van der Waals surface area contributed by atoms with E-state index in [0.717, 1.165) is 38.4 Å². The smallest absolute Gasteiger partial charge is 0.238 e. The van der Waals surface area contributed by atoms with Gasteiger partial charge in [-0.15, -0.1) is 11.3 Å².